The second kappa shape index (κ2) is 5.82. The third-order valence-electron chi connectivity index (χ3n) is 5.01. The molecule has 2 rings (SSSR count). The van der Waals surface area contributed by atoms with E-state index in [2.05, 4.69) is 37.9 Å². The van der Waals surface area contributed by atoms with Crippen LogP contribution >= 0.6 is 0 Å². The molecule has 0 aliphatic carbocycles. The van der Waals surface area contributed by atoms with Gasteiger partial charge in [0.2, 0.25) is 5.91 Å². The Morgan fingerprint density at radius 1 is 1.47 bits per heavy atom. The normalized spacial score (nSPS) is 32.3. The summed E-state index contributed by atoms with van der Waals surface area (Å²) < 4.78 is 0. The summed E-state index contributed by atoms with van der Waals surface area (Å²) in [6.45, 7) is 12.1. The van der Waals surface area contributed by atoms with Crippen molar-refractivity contribution in [3.63, 3.8) is 0 Å². The molecule has 0 aromatic carbocycles. The summed E-state index contributed by atoms with van der Waals surface area (Å²) in [5.41, 5.74) is 0.0566. The lowest BCUT2D eigenvalue weighted by molar-refractivity contribution is -0.135. The molecule has 0 saturated carbocycles. The highest BCUT2D eigenvalue weighted by Gasteiger charge is 2.39. The molecule has 2 fully saturated rings. The number of amides is 1. The topological polar surface area (TPSA) is 32.3 Å². The van der Waals surface area contributed by atoms with Gasteiger partial charge in [0.05, 0.1) is 0 Å². The molecule has 3 atom stereocenters. The number of nitrogens with one attached hydrogen (secondary N) is 1. The zero-order valence-corrected chi connectivity index (χ0v) is 13.0. The van der Waals surface area contributed by atoms with E-state index in [4.69, 9.17) is 0 Å². The maximum absolute atomic E-state index is 12.6. The van der Waals surface area contributed by atoms with Gasteiger partial charge >= 0.3 is 0 Å². The van der Waals surface area contributed by atoms with Crippen LogP contribution in [0, 0.1) is 17.8 Å². The summed E-state index contributed by atoms with van der Waals surface area (Å²) in [4.78, 5) is 14.7. The molecule has 1 N–H and O–H groups in total. The summed E-state index contributed by atoms with van der Waals surface area (Å²) >= 11 is 0. The zero-order chi connectivity index (χ0) is 14.0. The SMILES string of the molecule is CC1CN(C(=O)CC(C)C2CCCNC2)C(C)(C)C1. The Morgan fingerprint density at radius 3 is 2.74 bits per heavy atom. The molecule has 0 aromatic rings. The lowest BCUT2D eigenvalue weighted by Gasteiger charge is -2.34. The molecule has 0 spiro atoms. The van der Waals surface area contributed by atoms with E-state index < -0.39 is 0 Å². The Hall–Kier alpha value is -0.570. The predicted octanol–water partition coefficient (Wildman–Crippen LogP) is 2.66. The summed E-state index contributed by atoms with van der Waals surface area (Å²) in [7, 11) is 0. The van der Waals surface area contributed by atoms with Crippen molar-refractivity contribution in [1.82, 2.24) is 10.2 Å². The molecule has 1 amide bonds. The highest BCUT2D eigenvalue weighted by molar-refractivity contribution is 5.77. The molecule has 2 aliphatic heterocycles. The van der Waals surface area contributed by atoms with Gasteiger partial charge in [-0.2, -0.15) is 0 Å². The first kappa shape index (κ1) is 14.8. The fraction of sp³-hybridized carbons (Fsp3) is 0.938. The first-order chi connectivity index (χ1) is 8.90. The first-order valence-corrected chi connectivity index (χ1v) is 7.91. The van der Waals surface area contributed by atoms with Crippen LogP contribution in [0.3, 0.4) is 0 Å². The van der Waals surface area contributed by atoms with Crippen LogP contribution in [-0.4, -0.2) is 36.0 Å². The van der Waals surface area contributed by atoms with Crippen LogP contribution in [0.4, 0.5) is 0 Å². The van der Waals surface area contributed by atoms with Crippen LogP contribution in [0.5, 0.6) is 0 Å². The summed E-state index contributed by atoms with van der Waals surface area (Å²) in [5.74, 6) is 2.20. The van der Waals surface area contributed by atoms with Crippen molar-refractivity contribution in [2.24, 2.45) is 17.8 Å². The Morgan fingerprint density at radius 2 is 2.21 bits per heavy atom. The van der Waals surface area contributed by atoms with E-state index in [0.717, 1.165) is 32.5 Å². The molecule has 2 heterocycles. The third kappa shape index (κ3) is 3.50. The van der Waals surface area contributed by atoms with Crippen molar-refractivity contribution < 1.29 is 4.79 Å². The quantitative estimate of drug-likeness (QED) is 0.852. The number of rotatable bonds is 3. The first-order valence-electron chi connectivity index (χ1n) is 7.91. The highest BCUT2D eigenvalue weighted by atomic mass is 16.2. The predicted molar refractivity (Wildman–Crippen MR) is 78.9 cm³/mol. The minimum atomic E-state index is 0.0566. The minimum Gasteiger partial charge on any atom is -0.337 e. The van der Waals surface area contributed by atoms with E-state index in [9.17, 15) is 4.79 Å². The van der Waals surface area contributed by atoms with Gasteiger partial charge in [0.15, 0.2) is 0 Å². The number of piperidine rings is 1. The summed E-state index contributed by atoms with van der Waals surface area (Å²) in [5, 5.41) is 3.46. The smallest absolute Gasteiger partial charge is 0.223 e. The molecule has 19 heavy (non-hydrogen) atoms. The average Bonchev–Trinajstić information content (AvgIpc) is 2.63. The van der Waals surface area contributed by atoms with Crippen molar-refractivity contribution in [2.45, 2.75) is 58.9 Å². The van der Waals surface area contributed by atoms with Gasteiger partial charge in [-0.25, -0.2) is 0 Å². The molecule has 3 unspecified atom stereocenters. The van der Waals surface area contributed by atoms with Gasteiger partial charge in [-0.3, -0.25) is 4.79 Å². The van der Waals surface area contributed by atoms with E-state index in [0.29, 0.717) is 23.7 Å². The molecular weight excluding hydrogens is 236 g/mol. The monoisotopic (exact) mass is 266 g/mol. The zero-order valence-electron chi connectivity index (χ0n) is 13.0. The van der Waals surface area contributed by atoms with Crippen LogP contribution in [0.2, 0.25) is 0 Å². The Kier molecular flexibility index (Phi) is 4.54. The van der Waals surface area contributed by atoms with Gasteiger partial charge in [0, 0.05) is 18.5 Å². The van der Waals surface area contributed by atoms with E-state index in [1.807, 2.05) is 0 Å². The van der Waals surface area contributed by atoms with Crippen LogP contribution in [0.15, 0.2) is 0 Å². The van der Waals surface area contributed by atoms with Crippen molar-refractivity contribution in [3.8, 4) is 0 Å². The van der Waals surface area contributed by atoms with E-state index in [1.165, 1.54) is 12.8 Å². The number of carbonyl (C=O) groups is 1. The van der Waals surface area contributed by atoms with Crippen LogP contribution < -0.4 is 5.32 Å². The van der Waals surface area contributed by atoms with Crippen molar-refractivity contribution in [2.75, 3.05) is 19.6 Å². The molecule has 2 saturated heterocycles. The van der Waals surface area contributed by atoms with Crippen molar-refractivity contribution in [3.05, 3.63) is 0 Å². The summed E-state index contributed by atoms with van der Waals surface area (Å²) in [6, 6.07) is 0. The fourth-order valence-electron chi connectivity index (χ4n) is 3.94. The Labute approximate surface area is 118 Å². The van der Waals surface area contributed by atoms with Crippen LogP contribution in [-0.2, 0) is 4.79 Å². The molecule has 110 valence electrons. The average molecular weight is 266 g/mol. The van der Waals surface area contributed by atoms with Gasteiger partial charge in [-0.05, 0) is 64.0 Å². The largest absolute Gasteiger partial charge is 0.337 e. The van der Waals surface area contributed by atoms with Gasteiger partial charge in [0.1, 0.15) is 0 Å². The third-order valence-corrected chi connectivity index (χ3v) is 5.01. The molecule has 0 aromatic heterocycles. The molecule has 0 bridgehead atoms. The number of likely N-dealkylation sites (tertiary alicyclic amines) is 1. The lowest BCUT2D eigenvalue weighted by atomic mass is 9.85. The van der Waals surface area contributed by atoms with E-state index >= 15 is 0 Å². The summed E-state index contributed by atoms with van der Waals surface area (Å²) in [6.07, 6.45) is 4.40. The molecule has 2 aliphatic rings. The van der Waals surface area contributed by atoms with Crippen LogP contribution in [0.25, 0.3) is 0 Å². The second-order valence-corrected chi connectivity index (χ2v) is 7.41. The lowest BCUT2D eigenvalue weighted by Crippen LogP contribution is -2.44. The van der Waals surface area contributed by atoms with Gasteiger partial charge in [0.25, 0.3) is 0 Å². The fourth-order valence-corrected chi connectivity index (χ4v) is 3.94. The molecular formula is C16H30N2O. The van der Waals surface area contributed by atoms with Gasteiger partial charge in [-0.1, -0.05) is 13.8 Å². The van der Waals surface area contributed by atoms with E-state index in [1.54, 1.807) is 0 Å². The molecule has 3 heteroatoms. The highest BCUT2D eigenvalue weighted by Crippen LogP contribution is 2.34. The Balaban J connectivity index is 1.89. The van der Waals surface area contributed by atoms with Crippen molar-refractivity contribution in [1.29, 1.82) is 0 Å². The van der Waals surface area contributed by atoms with Crippen LogP contribution in [0.1, 0.15) is 53.4 Å². The van der Waals surface area contributed by atoms with Crippen molar-refractivity contribution >= 4 is 5.91 Å². The maximum Gasteiger partial charge on any atom is 0.223 e. The second-order valence-electron chi connectivity index (χ2n) is 7.41. The molecule has 0 radical (unpaired) electrons. The number of nitrogens with zero attached hydrogens (tertiary/aromatic N) is 1. The molecule has 3 nitrogen and oxygen atoms in total. The number of hydrogen-bond donors (Lipinski definition) is 1. The van der Waals surface area contributed by atoms with Gasteiger partial charge < -0.3 is 10.2 Å². The number of carbonyl (C=O) groups excluding carboxylic acids is 1. The minimum absolute atomic E-state index is 0.0566. The Bertz CT molecular complexity index is 321. The van der Waals surface area contributed by atoms with E-state index in [-0.39, 0.29) is 5.54 Å². The van der Waals surface area contributed by atoms with Gasteiger partial charge in [-0.15, -0.1) is 0 Å². The maximum atomic E-state index is 12.6. The number of hydrogen-bond acceptors (Lipinski definition) is 2. The standard InChI is InChI=1S/C16H30N2O/c1-12-9-16(3,4)18(11-12)15(19)8-13(2)14-6-5-7-17-10-14/h12-14,17H,5-11H2,1-4H3.